The van der Waals surface area contributed by atoms with E-state index in [1.807, 2.05) is 24.3 Å². The fourth-order valence-corrected chi connectivity index (χ4v) is 8.70. The van der Waals surface area contributed by atoms with Crippen LogP contribution in [0.2, 0.25) is 0 Å². The van der Waals surface area contributed by atoms with Crippen molar-refractivity contribution in [2.75, 3.05) is 19.6 Å². The molecule has 0 radical (unpaired) electrons. The average molecular weight is 1210 g/mol. The highest BCUT2D eigenvalue weighted by atomic mass is 16.4. The fraction of sp³-hybridized carbons (Fsp3) is 0.545. The van der Waals surface area contributed by atoms with E-state index in [-0.39, 0.29) is 63.5 Å². The normalized spacial score (nSPS) is 15.3. The first-order valence-electron chi connectivity index (χ1n) is 28.3. The number of fused-ring (bicyclic) bond motifs is 1. The third-order valence-electron chi connectivity index (χ3n) is 13.7. The Morgan fingerprint density at radius 3 is 1.71 bits per heavy atom. The number of nitrogens with two attached hydrogens (primary N) is 5. The lowest BCUT2D eigenvalue weighted by Gasteiger charge is -2.28. The minimum atomic E-state index is -1.87. The van der Waals surface area contributed by atoms with E-state index in [9.17, 15) is 63.3 Å². The summed E-state index contributed by atoms with van der Waals surface area (Å²) in [6.07, 6.45) is 0.464. The number of aromatic nitrogens is 2. The molecule has 0 bridgehead atoms. The molecule has 3 aromatic rings. The first-order chi connectivity index (χ1) is 40.7. The number of hydrogen-bond donors (Lipinski definition) is 18. The van der Waals surface area contributed by atoms with E-state index in [0.717, 1.165) is 24.6 Å². The zero-order chi connectivity index (χ0) is 64.2. The van der Waals surface area contributed by atoms with Crippen molar-refractivity contribution in [2.24, 2.45) is 44.6 Å². The van der Waals surface area contributed by atoms with Gasteiger partial charge in [0.1, 0.15) is 48.3 Å². The Morgan fingerprint density at radius 2 is 1.12 bits per heavy atom. The number of nitrogens with zero attached hydrogens (tertiary/aromatic N) is 3. The zero-order valence-corrected chi connectivity index (χ0v) is 49.3. The van der Waals surface area contributed by atoms with Gasteiger partial charge in [-0.3, -0.25) is 53.1 Å². The molecule has 0 spiro atoms. The highest BCUT2D eigenvalue weighted by Crippen LogP contribution is 2.21. The van der Waals surface area contributed by atoms with Crippen molar-refractivity contribution in [1.82, 2.24) is 57.8 Å². The van der Waals surface area contributed by atoms with Gasteiger partial charge in [-0.05, 0) is 75.1 Å². The maximum absolute atomic E-state index is 14.6. The van der Waals surface area contributed by atoms with Gasteiger partial charge in [-0.25, -0.2) is 9.78 Å². The molecule has 3 rings (SSSR count). The Hall–Kier alpha value is -8.97. The van der Waals surface area contributed by atoms with Gasteiger partial charge in [0.15, 0.2) is 11.9 Å². The number of carbonyl (C=O) groups is 10. The molecule has 1 heterocycles. The minimum Gasteiger partial charge on any atom is -0.480 e. The number of H-pyrrole nitrogens is 1. The van der Waals surface area contributed by atoms with Gasteiger partial charge in [0.25, 0.3) is 0 Å². The smallest absolute Gasteiger partial charge is 0.326 e. The van der Waals surface area contributed by atoms with Crippen LogP contribution >= 0.6 is 0 Å². The highest BCUT2D eigenvalue weighted by Gasteiger charge is 2.37. The zero-order valence-electron chi connectivity index (χ0n) is 49.3. The Morgan fingerprint density at radius 1 is 0.581 bits per heavy atom. The van der Waals surface area contributed by atoms with Crippen LogP contribution in [0.5, 0.6) is 0 Å². The molecule has 0 saturated heterocycles. The molecule has 23 N–H and O–H groups in total. The number of amides is 9. The second kappa shape index (κ2) is 36.0. The van der Waals surface area contributed by atoms with Gasteiger partial charge in [0.2, 0.25) is 53.2 Å². The summed E-state index contributed by atoms with van der Waals surface area (Å²) >= 11 is 0. The summed E-state index contributed by atoms with van der Waals surface area (Å²) in [4.78, 5) is 150. The third-order valence-corrected chi connectivity index (χ3v) is 13.7. The number of nitrogens with one attached hydrogen (secondary N) is 10. The van der Waals surface area contributed by atoms with Gasteiger partial charge in [0.05, 0.1) is 31.1 Å². The molecule has 31 heteroatoms. The van der Waals surface area contributed by atoms with Crippen LogP contribution in [0.25, 0.3) is 10.8 Å². The first kappa shape index (κ1) is 71.3. The van der Waals surface area contributed by atoms with Crippen LogP contribution in [0, 0.1) is 5.92 Å². The van der Waals surface area contributed by atoms with Crippen molar-refractivity contribution in [3.63, 3.8) is 0 Å². The van der Waals surface area contributed by atoms with Crippen molar-refractivity contribution in [1.29, 1.82) is 0 Å². The number of imidazole rings is 1. The molecule has 2 aromatic carbocycles. The van der Waals surface area contributed by atoms with E-state index in [1.54, 1.807) is 39.0 Å². The number of aliphatic imine (C=N–C) groups is 2. The number of guanidine groups is 2. The van der Waals surface area contributed by atoms with Gasteiger partial charge in [-0.15, -0.1) is 0 Å². The van der Waals surface area contributed by atoms with Gasteiger partial charge in [-0.2, -0.15) is 0 Å². The maximum atomic E-state index is 14.6. The van der Waals surface area contributed by atoms with Crippen molar-refractivity contribution in [3.8, 4) is 0 Å². The number of carbonyl (C=O) groups excluding carboxylic acids is 9. The Bertz CT molecular complexity index is 2820. The molecule has 86 heavy (non-hydrogen) atoms. The molecule has 12 atom stereocenters. The van der Waals surface area contributed by atoms with E-state index in [1.165, 1.54) is 19.4 Å². The van der Waals surface area contributed by atoms with Gasteiger partial charge < -0.3 is 96.8 Å². The van der Waals surface area contributed by atoms with Gasteiger partial charge >= 0.3 is 5.97 Å². The van der Waals surface area contributed by atoms with E-state index in [0.29, 0.717) is 30.5 Å². The number of aliphatic carboxylic acids is 1. The quantitative estimate of drug-likeness (QED) is 0.0147. The summed E-state index contributed by atoms with van der Waals surface area (Å²) in [6, 6.07) is -0.0689. The molecule has 1 aromatic heterocycles. The lowest BCUT2D eigenvalue weighted by molar-refractivity contribution is -0.143. The molecule has 0 saturated carbocycles. The number of aliphatic hydroxyl groups excluding tert-OH is 2. The van der Waals surface area contributed by atoms with E-state index >= 15 is 0 Å². The van der Waals surface area contributed by atoms with Crippen molar-refractivity contribution >= 4 is 81.8 Å². The van der Waals surface area contributed by atoms with Crippen LogP contribution in [-0.2, 0) is 60.8 Å². The maximum Gasteiger partial charge on any atom is 0.326 e. The summed E-state index contributed by atoms with van der Waals surface area (Å²) in [6.45, 7) is 8.25. The SMILES string of the molecule is CCC[C@H](NC(=O)[C@@H](NC(=O)[C@H](CCCN=C(N)N)NC(=O)CNC(=O)[C@@H](NC(=O)[C@@H](NC(=O)[C@H](Cc1cnc[nH]1)NC(=O)[C@H](Cc1cccc2ccccc12)NC(=O)[C@H](C)NC(=O)[C@@H](N)CCCN=C(N)N)[C@@H](C)O)[C@@H](C)O)C(C)CC)C(=O)O. The van der Waals surface area contributed by atoms with Crippen LogP contribution in [-0.4, -0.2) is 183 Å². The number of rotatable bonds is 37. The minimum absolute atomic E-state index is 0.0346. The van der Waals surface area contributed by atoms with E-state index < -0.39 is 138 Å². The largest absolute Gasteiger partial charge is 0.480 e. The van der Waals surface area contributed by atoms with Crippen LogP contribution < -0.4 is 76.5 Å². The van der Waals surface area contributed by atoms with Gasteiger partial charge in [-0.1, -0.05) is 76.1 Å². The second-order valence-corrected chi connectivity index (χ2v) is 20.8. The van der Waals surface area contributed by atoms with Crippen LogP contribution in [0.4, 0.5) is 0 Å². The van der Waals surface area contributed by atoms with Crippen LogP contribution in [0.3, 0.4) is 0 Å². The lowest BCUT2D eigenvalue weighted by atomic mass is 9.97. The first-order valence-corrected chi connectivity index (χ1v) is 28.3. The standard InChI is InChI=1S/C55H86N18O13/c1-7-14-38(53(85)86)68-51(83)42(28(3)8-2)71-47(79)37(20-13-22-63-55(59)60)67-41(76)26-64-50(82)43(30(5)74)73-52(84)44(31(6)75)72-49(81)40(24-34-25-61-27-65-34)70-48(80)39(23-33-17-11-16-32-15-9-10-18-35(32)33)69-45(77)29(4)66-46(78)36(56)19-12-21-62-54(57)58/h9-11,15-18,25,27-31,36-40,42-44,74-75H,7-8,12-14,19-24,26,56H2,1-6H3,(H,61,65)(H,64,82)(H,66,78)(H,67,76)(H,68,83)(H,69,77)(H,70,80)(H,71,79)(H,72,81)(H,73,84)(H,85,86)(H4,57,58,62)(H4,59,60,63)/t28?,29-,30+,31+,36-,37-,38-,39-,40-,42-,43-,44-/m0/s1. The van der Waals surface area contributed by atoms with Crippen molar-refractivity contribution in [2.45, 2.75) is 166 Å². The Labute approximate surface area is 497 Å². The molecule has 0 fully saturated rings. The number of aromatic amines is 1. The second-order valence-electron chi connectivity index (χ2n) is 20.8. The number of carboxylic acids is 1. The highest BCUT2D eigenvalue weighted by molar-refractivity contribution is 5.99. The summed E-state index contributed by atoms with van der Waals surface area (Å²) in [5.74, 6) is -10.4. The monoisotopic (exact) mass is 1210 g/mol. The molecule has 1 unspecified atom stereocenters. The summed E-state index contributed by atoms with van der Waals surface area (Å²) in [5.41, 5.74) is 28.7. The number of carboxylic acid groups (broad SMARTS) is 1. The summed E-state index contributed by atoms with van der Waals surface area (Å²) in [5, 5.41) is 55.3. The predicted molar refractivity (Wildman–Crippen MR) is 317 cm³/mol. The fourth-order valence-electron chi connectivity index (χ4n) is 8.70. The predicted octanol–water partition coefficient (Wildman–Crippen LogP) is -4.51. The molecular weight excluding hydrogens is 1120 g/mol. The van der Waals surface area contributed by atoms with E-state index in [2.05, 4.69) is 67.8 Å². The molecule has 9 amide bonds. The van der Waals surface area contributed by atoms with Crippen LogP contribution in [0.1, 0.15) is 97.7 Å². The third kappa shape index (κ3) is 24.0. The van der Waals surface area contributed by atoms with Gasteiger partial charge in [0, 0.05) is 37.8 Å². The van der Waals surface area contributed by atoms with E-state index in [4.69, 9.17) is 28.7 Å². The number of hydrogen-bond acceptors (Lipinski definition) is 16. The molecule has 0 aliphatic heterocycles. The number of aliphatic hydroxyl groups is 2. The van der Waals surface area contributed by atoms with Crippen LogP contribution in [0.15, 0.2) is 65.0 Å². The Balaban J connectivity index is 1.84. The van der Waals surface area contributed by atoms with Crippen molar-refractivity contribution < 1.29 is 63.3 Å². The molecule has 0 aliphatic carbocycles. The Kier molecular flexibility index (Phi) is 29.8. The number of benzene rings is 2. The topological polar surface area (TPSA) is 523 Å². The summed E-state index contributed by atoms with van der Waals surface area (Å²) < 4.78 is 0. The summed E-state index contributed by atoms with van der Waals surface area (Å²) in [7, 11) is 0. The van der Waals surface area contributed by atoms with Crippen molar-refractivity contribution in [3.05, 3.63) is 66.2 Å². The average Bonchev–Trinajstić information content (AvgIpc) is 3.03. The molecule has 0 aliphatic rings. The lowest BCUT2D eigenvalue weighted by Crippen LogP contribution is -2.63. The molecular formula is C55H86N18O13. The molecule has 31 nitrogen and oxygen atoms in total. The molecule has 474 valence electrons.